The van der Waals surface area contributed by atoms with Crippen LogP contribution in [0.4, 0.5) is 10.6 Å². The Morgan fingerprint density at radius 3 is 2.60 bits per heavy atom. The zero-order chi connectivity index (χ0) is 22.1. The van der Waals surface area contributed by atoms with E-state index in [-0.39, 0.29) is 28.4 Å². The van der Waals surface area contributed by atoms with Crippen molar-refractivity contribution in [3.8, 4) is 0 Å². The molecule has 166 valence electrons. The van der Waals surface area contributed by atoms with Crippen LogP contribution in [0.25, 0.3) is 0 Å². The number of nitrogens with one attached hydrogen (secondary N) is 1. The van der Waals surface area contributed by atoms with Gasteiger partial charge in [0.25, 0.3) is 0 Å². The van der Waals surface area contributed by atoms with Crippen molar-refractivity contribution in [3.05, 3.63) is 17.0 Å². The molecule has 30 heavy (non-hydrogen) atoms. The van der Waals surface area contributed by atoms with Gasteiger partial charge in [-0.05, 0) is 40.5 Å². The summed E-state index contributed by atoms with van der Waals surface area (Å²) in [6, 6.07) is -0.167. The highest BCUT2D eigenvalue weighted by Gasteiger charge is 2.50. The first-order valence-corrected chi connectivity index (χ1v) is 10.4. The molecule has 0 saturated carbocycles. The van der Waals surface area contributed by atoms with Crippen molar-refractivity contribution in [2.75, 3.05) is 31.7 Å². The lowest BCUT2D eigenvalue weighted by molar-refractivity contribution is 0.0433. The molecule has 0 unspecified atom stereocenters. The fraction of sp³-hybridized carbons (Fsp3) is 0.700. The van der Waals surface area contributed by atoms with Gasteiger partial charge in [0, 0.05) is 18.5 Å². The number of carbonyl (C=O) groups excluding carboxylic acids is 2. The highest BCUT2D eigenvalue weighted by molar-refractivity contribution is 6.29. The molecule has 1 amide bonds. The summed E-state index contributed by atoms with van der Waals surface area (Å²) < 4.78 is 16.2. The maximum atomic E-state index is 12.4. The van der Waals surface area contributed by atoms with E-state index in [0.29, 0.717) is 25.5 Å². The molecule has 10 heteroatoms. The Morgan fingerprint density at radius 1 is 1.33 bits per heavy atom. The number of esters is 1. The molecule has 1 aromatic rings. The Morgan fingerprint density at radius 2 is 2.00 bits per heavy atom. The topological polar surface area (TPSA) is 103 Å². The van der Waals surface area contributed by atoms with Gasteiger partial charge in [0.05, 0.1) is 32.1 Å². The Kier molecular flexibility index (Phi) is 6.43. The van der Waals surface area contributed by atoms with E-state index in [0.717, 1.165) is 12.8 Å². The van der Waals surface area contributed by atoms with E-state index in [2.05, 4.69) is 15.3 Å². The maximum absolute atomic E-state index is 12.4. The summed E-state index contributed by atoms with van der Waals surface area (Å²) >= 11 is 6.02. The number of nitrogens with zero attached hydrogens (tertiary/aromatic N) is 3. The van der Waals surface area contributed by atoms with Crippen LogP contribution in [-0.2, 0) is 14.2 Å². The van der Waals surface area contributed by atoms with Crippen molar-refractivity contribution in [1.82, 2.24) is 15.3 Å². The average Bonchev–Trinajstić information content (AvgIpc) is 2.96. The fourth-order valence-electron chi connectivity index (χ4n) is 4.13. The number of piperidine rings is 1. The first kappa shape index (κ1) is 22.6. The van der Waals surface area contributed by atoms with Gasteiger partial charge in [-0.2, -0.15) is 0 Å². The van der Waals surface area contributed by atoms with Crippen LogP contribution in [-0.4, -0.2) is 66.6 Å². The summed E-state index contributed by atoms with van der Waals surface area (Å²) in [5.41, 5.74) is -0.652. The normalized spacial score (nSPS) is 23.3. The van der Waals surface area contributed by atoms with E-state index >= 15 is 0 Å². The minimum atomic E-state index is -0.571. The number of hydrogen-bond donors (Lipinski definition) is 1. The third-order valence-electron chi connectivity index (χ3n) is 5.60. The highest BCUT2D eigenvalue weighted by atomic mass is 35.5. The van der Waals surface area contributed by atoms with Gasteiger partial charge < -0.3 is 24.4 Å². The van der Waals surface area contributed by atoms with Gasteiger partial charge in [-0.15, -0.1) is 0 Å². The Bertz CT molecular complexity index is 805. The molecular formula is C20H29ClN4O5. The standard InChI is InChI=1S/C20H29ClN4O5/c1-12-15(24-18(27)30-19(2,3)4)20(11-29-12)6-8-25(9-7-20)16-14(17(26)28-5)22-10-13(21)23-16/h10,12,15H,6-9,11H2,1-5H3,(H,24,27)/t12-,15+/m0/s1. The van der Waals surface area contributed by atoms with E-state index in [1.54, 1.807) is 0 Å². The predicted octanol–water partition coefficient (Wildman–Crippen LogP) is 2.82. The Hall–Kier alpha value is -2.13. The molecule has 9 nitrogen and oxygen atoms in total. The molecule has 1 spiro atoms. The van der Waals surface area contributed by atoms with E-state index in [9.17, 15) is 9.59 Å². The second kappa shape index (κ2) is 8.55. The van der Waals surface area contributed by atoms with Crippen LogP contribution in [0, 0.1) is 5.41 Å². The molecule has 0 bridgehead atoms. The predicted molar refractivity (Wildman–Crippen MR) is 111 cm³/mol. The molecule has 0 aromatic carbocycles. The quantitative estimate of drug-likeness (QED) is 0.715. The van der Waals surface area contributed by atoms with Crippen LogP contribution < -0.4 is 10.2 Å². The number of alkyl carbamates (subject to hydrolysis) is 1. The summed E-state index contributed by atoms with van der Waals surface area (Å²) in [6.45, 7) is 9.23. The van der Waals surface area contributed by atoms with E-state index in [4.69, 9.17) is 25.8 Å². The third-order valence-corrected chi connectivity index (χ3v) is 5.78. The second-order valence-electron chi connectivity index (χ2n) is 8.85. The largest absolute Gasteiger partial charge is 0.464 e. The number of methoxy groups -OCH3 is 1. The third kappa shape index (κ3) is 4.78. The number of carbonyl (C=O) groups is 2. The fourth-order valence-corrected chi connectivity index (χ4v) is 4.25. The molecule has 0 radical (unpaired) electrons. The summed E-state index contributed by atoms with van der Waals surface area (Å²) in [4.78, 5) is 34.9. The lowest BCUT2D eigenvalue weighted by atomic mass is 9.73. The minimum absolute atomic E-state index is 0.124. The van der Waals surface area contributed by atoms with Gasteiger partial charge >= 0.3 is 12.1 Å². The van der Waals surface area contributed by atoms with E-state index < -0.39 is 17.7 Å². The molecule has 3 heterocycles. The maximum Gasteiger partial charge on any atom is 0.407 e. The number of aromatic nitrogens is 2. The molecule has 3 rings (SSSR count). The van der Waals surface area contributed by atoms with Gasteiger partial charge in [-0.3, -0.25) is 0 Å². The van der Waals surface area contributed by atoms with Crippen molar-refractivity contribution in [2.24, 2.45) is 5.41 Å². The van der Waals surface area contributed by atoms with Crippen LogP contribution >= 0.6 is 11.6 Å². The lowest BCUT2D eigenvalue weighted by Gasteiger charge is -2.43. The van der Waals surface area contributed by atoms with Crippen molar-refractivity contribution in [3.63, 3.8) is 0 Å². The number of amides is 1. The average molecular weight is 441 g/mol. The zero-order valence-corrected chi connectivity index (χ0v) is 18.8. The van der Waals surface area contributed by atoms with Crippen LogP contribution in [0.15, 0.2) is 6.20 Å². The second-order valence-corrected chi connectivity index (χ2v) is 9.23. The minimum Gasteiger partial charge on any atom is -0.464 e. The molecule has 1 aromatic heterocycles. The highest BCUT2D eigenvalue weighted by Crippen LogP contribution is 2.43. The smallest absolute Gasteiger partial charge is 0.407 e. The zero-order valence-electron chi connectivity index (χ0n) is 18.0. The SMILES string of the molecule is COC(=O)c1ncc(Cl)nc1N1CCC2(CC1)CO[C@@H](C)[C@H]2NC(=O)OC(C)(C)C. The van der Waals surface area contributed by atoms with Gasteiger partial charge in [-0.1, -0.05) is 11.6 Å². The van der Waals surface area contributed by atoms with Crippen molar-refractivity contribution < 1.29 is 23.8 Å². The molecule has 2 aliphatic rings. The van der Waals surface area contributed by atoms with Crippen molar-refractivity contribution in [1.29, 1.82) is 0 Å². The summed E-state index contributed by atoms with van der Waals surface area (Å²) in [6.07, 6.45) is 2.25. The number of ether oxygens (including phenoxy) is 3. The number of anilines is 1. The van der Waals surface area contributed by atoms with Gasteiger partial charge in [0.1, 0.15) is 10.8 Å². The van der Waals surface area contributed by atoms with E-state index in [1.807, 2.05) is 32.6 Å². The number of halogens is 1. The molecule has 2 fully saturated rings. The van der Waals surface area contributed by atoms with Crippen LogP contribution in [0.2, 0.25) is 5.15 Å². The van der Waals surface area contributed by atoms with Crippen molar-refractivity contribution >= 4 is 29.5 Å². The monoisotopic (exact) mass is 440 g/mol. The summed E-state index contributed by atoms with van der Waals surface area (Å²) in [7, 11) is 1.30. The van der Waals surface area contributed by atoms with Gasteiger partial charge in [0.2, 0.25) is 0 Å². The Labute approximate surface area is 181 Å². The summed E-state index contributed by atoms with van der Waals surface area (Å²) in [5.74, 6) is -0.149. The number of rotatable bonds is 3. The molecule has 1 N–H and O–H groups in total. The van der Waals surface area contributed by atoms with Gasteiger partial charge in [-0.25, -0.2) is 19.6 Å². The molecule has 2 saturated heterocycles. The summed E-state index contributed by atoms with van der Waals surface area (Å²) in [5, 5.41) is 3.23. The molecule has 0 aliphatic carbocycles. The van der Waals surface area contributed by atoms with Gasteiger partial charge in [0.15, 0.2) is 11.5 Å². The van der Waals surface area contributed by atoms with Crippen LogP contribution in [0.5, 0.6) is 0 Å². The molecular weight excluding hydrogens is 412 g/mol. The first-order chi connectivity index (χ1) is 14.0. The first-order valence-electron chi connectivity index (χ1n) is 10.0. The van der Waals surface area contributed by atoms with E-state index in [1.165, 1.54) is 13.3 Å². The Balaban J connectivity index is 1.74. The van der Waals surface area contributed by atoms with Crippen LogP contribution in [0.1, 0.15) is 51.0 Å². The molecule has 2 atom stereocenters. The van der Waals surface area contributed by atoms with Crippen LogP contribution in [0.3, 0.4) is 0 Å². The lowest BCUT2D eigenvalue weighted by Crippen LogP contribution is -2.55. The number of hydrogen-bond acceptors (Lipinski definition) is 8. The van der Waals surface area contributed by atoms with Crippen molar-refractivity contribution in [2.45, 2.75) is 58.3 Å². The molecule has 2 aliphatic heterocycles.